The van der Waals surface area contributed by atoms with Gasteiger partial charge in [-0.2, -0.15) is 0 Å². The lowest BCUT2D eigenvalue weighted by Crippen LogP contribution is -2.09. The fourth-order valence-corrected chi connectivity index (χ4v) is 1.46. The van der Waals surface area contributed by atoms with Crippen LogP contribution in [0.1, 0.15) is 26.7 Å². The summed E-state index contributed by atoms with van der Waals surface area (Å²) in [7, 11) is 2.52. The Bertz CT molecular complexity index is 601. The minimum Gasteiger partial charge on any atom is -0.466 e. The van der Waals surface area contributed by atoms with Gasteiger partial charge in [0.2, 0.25) is 0 Å². The third-order valence-electron chi connectivity index (χ3n) is 2.36. The van der Waals surface area contributed by atoms with Crippen molar-refractivity contribution in [3.63, 3.8) is 0 Å². The van der Waals surface area contributed by atoms with Crippen LogP contribution in [-0.4, -0.2) is 40.9 Å². The first-order valence-electron chi connectivity index (χ1n) is 5.28. The summed E-state index contributed by atoms with van der Waals surface area (Å²) in [6.45, 7) is 0.154. The van der Waals surface area contributed by atoms with E-state index in [1.54, 1.807) is 0 Å². The third kappa shape index (κ3) is 2.62. The first-order chi connectivity index (χ1) is 9.15. The van der Waals surface area contributed by atoms with Gasteiger partial charge in [0.15, 0.2) is 0 Å². The number of carbonyl (C=O) groups excluding carboxylic acids is 2. The van der Waals surface area contributed by atoms with Crippen LogP contribution >= 0.6 is 0 Å². The maximum atomic E-state index is 11.4. The number of aromatic nitrogens is 3. The van der Waals surface area contributed by atoms with Crippen LogP contribution in [0.15, 0.2) is 23.1 Å². The number of furan rings is 1. The molecule has 0 saturated heterocycles. The lowest BCUT2D eigenvalue weighted by molar-refractivity contribution is 0.0580. The van der Waals surface area contributed by atoms with Gasteiger partial charge < -0.3 is 13.9 Å². The van der Waals surface area contributed by atoms with Crippen LogP contribution in [-0.2, 0) is 16.0 Å². The minimum absolute atomic E-state index is 0.0614. The summed E-state index contributed by atoms with van der Waals surface area (Å²) in [5, 5.41) is 3.90. The van der Waals surface area contributed by atoms with Crippen LogP contribution in [0.25, 0.3) is 0 Å². The highest BCUT2D eigenvalue weighted by Crippen LogP contribution is 2.13. The van der Waals surface area contributed by atoms with Gasteiger partial charge in [0.1, 0.15) is 24.2 Å². The number of nitrogens with zero attached hydrogens (tertiary/aromatic N) is 3. The second kappa shape index (κ2) is 5.34. The predicted molar refractivity (Wildman–Crippen MR) is 60.5 cm³/mol. The van der Waals surface area contributed by atoms with Gasteiger partial charge in [-0.25, -0.2) is 19.3 Å². The Balaban J connectivity index is 2.18. The molecule has 0 unspecified atom stereocenters. The minimum atomic E-state index is -0.633. The average Bonchev–Trinajstić information content (AvgIpc) is 3.06. The van der Waals surface area contributed by atoms with E-state index in [0.717, 1.165) is 0 Å². The maximum Gasteiger partial charge on any atom is 0.377 e. The molecular weight excluding hydrogens is 254 g/mol. The number of rotatable bonds is 4. The first kappa shape index (κ1) is 12.8. The van der Waals surface area contributed by atoms with Crippen LogP contribution in [0, 0.1) is 0 Å². The molecule has 0 spiro atoms. The third-order valence-corrected chi connectivity index (χ3v) is 2.36. The van der Waals surface area contributed by atoms with Gasteiger partial charge in [0.25, 0.3) is 5.82 Å². The molecule has 2 heterocycles. The SMILES string of the molecule is COC(=O)c1ncn(Cc2occc2C(=O)OC)n1. The van der Waals surface area contributed by atoms with E-state index >= 15 is 0 Å². The molecule has 0 bridgehead atoms. The molecule has 2 aromatic heterocycles. The Labute approximate surface area is 107 Å². The van der Waals surface area contributed by atoms with E-state index in [4.69, 9.17) is 4.42 Å². The van der Waals surface area contributed by atoms with E-state index in [1.807, 2.05) is 0 Å². The topological polar surface area (TPSA) is 96.5 Å². The number of esters is 2. The highest BCUT2D eigenvalue weighted by molar-refractivity contribution is 5.90. The van der Waals surface area contributed by atoms with Crippen LogP contribution in [0.3, 0.4) is 0 Å². The first-order valence-corrected chi connectivity index (χ1v) is 5.28. The van der Waals surface area contributed by atoms with Crippen molar-refractivity contribution >= 4 is 11.9 Å². The molecule has 0 radical (unpaired) electrons. The van der Waals surface area contributed by atoms with Crippen LogP contribution in [0.2, 0.25) is 0 Å². The van der Waals surface area contributed by atoms with E-state index in [9.17, 15) is 9.59 Å². The zero-order chi connectivity index (χ0) is 13.8. The van der Waals surface area contributed by atoms with Gasteiger partial charge in [-0.3, -0.25) is 0 Å². The molecule has 0 aliphatic carbocycles. The Hall–Kier alpha value is -2.64. The molecule has 2 aromatic rings. The van der Waals surface area contributed by atoms with Gasteiger partial charge in [-0.05, 0) is 6.07 Å². The molecule has 0 aromatic carbocycles. The van der Waals surface area contributed by atoms with Gasteiger partial charge >= 0.3 is 11.9 Å². The van der Waals surface area contributed by atoms with Crippen molar-refractivity contribution in [2.24, 2.45) is 0 Å². The average molecular weight is 265 g/mol. The van der Waals surface area contributed by atoms with Crippen molar-refractivity contribution in [2.45, 2.75) is 6.54 Å². The lowest BCUT2D eigenvalue weighted by atomic mass is 10.2. The van der Waals surface area contributed by atoms with Crippen LogP contribution < -0.4 is 0 Å². The molecule has 2 rings (SSSR count). The molecule has 100 valence electrons. The Morgan fingerprint density at radius 2 is 2.05 bits per heavy atom. The molecule has 8 heteroatoms. The highest BCUT2D eigenvalue weighted by Gasteiger charge is 2.17. The summed E-state index contributed by atoms with van der Waals surface area (Å²) in [4.78, 5) is 26.4. The molecule has 0 aliphatic heterocycles. The maximum absolute atomic E-state index is 11.4. The molecule has 8 nitrogen and oxygen atoms in total. The summed E-state index contributed by atoms with van der Waals surface area (Å²) >= 11 is 0. The van der Waals surface area contributed by atoms with Crippen molar-refractivity contribution in [1.82, 2.24) is 14.8 Å². The molecule has 0 amide bonds. The highest BCUT2D eigenvalue weighted by atomic mass is 16.5. The van der Waals surface area contributed by atoms with Gasteiger partial charge in [-0.1, -0.05) is 0 Å². The van der Waals surface area contributed by atoms with Gasteiger partial charge in [-0.15, -0.1) is 5.10 Å². The number of hydrogen-bond acceptors (Lipinski definition) is 7. The smallest absolute Gasteiger partial charge is 0.377 e. The summed E-state index contributed by atoms with van der Waals surface area (Å²) < 4.78 is 15.6. The Kier molecular flexibility index (Phi) is 3.60. The Morgan fingerprint density at radius 1 is 1.32 bits per heavy atom. The van der Waals surface area contributed by atoms with Crippen molar-refractivity contribution in [3.8, 4) is 0 Å². The van der Waals surface area contributed by atoms with Gasteiger partial charge in [0, 0.05) is 0 Å². The predicted octanol–water partition coefficient (Wildman–Crippen LogP) is 0.493. The number of carbonyl (C=O) groups is 2. The van der Waals surface area contributed by atoms with Gasteiger partial charge in [0.05, 0.1) is 20.5 Å². The van der Waals surface area contributed by atoms with Crippen molar-refractivity contribution in [1.29, 1.82) is 0 Å². The fourth-order valence-electron chi connectivity index (χ4n) is 1.46. The molecule has 0 aliphatic rings. The van der Waals surface area contributed by atoms with Crippen molar-refractivity contribution in [3.05, 3.63) is 35.8 Å². The van der Waals surface area contributed by atoms with Crippen molar-refractivity contribution < 1.29 is 23.5 Å². The van der Waals surface area contributed by atoms with Crippen molar-refractivity contribution in [2.75, 3.05) is 14.2 Å². The molecule has 0 fully saturated rings. The summed E-state index contributed by atoms with van der Waals surface area (Å²) in [5.74, 6) is -0.828. The van der Waals surface area contributed by atoms with Crippen LogP contribution in [0.4, 0.5) is 0 Å². The fraction of sp³-hybridized carbons (Fsp3) is 0.273. The molecule has 0 saturated carbocycles. The van der Waals surface area contributed by atoms with Crippen LogP contribution in [0.5, 0.6) is 0 Å². The Morgan fingerprint density at radius 3 is 2.74 bits per heavy atom. The number of methoxy groups -OCH3 is 2. The molecule has 19 heavy (non-hydrogen) atoms. The zero-order valence-corrected chi connectivity index (χ0v) is 10.3. The number of hydrogen-bond donors (Lipinski definition) is 0. The second-order valence-electron chi connectivity index (χ2n) is 3.51. The largest absolute Gasteiger partial charge is 0.466 e. The second-order valence-corrected chi connectivity index (χ2v) is 3.51. The standard InChI is InChI=1S/C11H11N3O5/c1-17-10(15)7-3-4-19-8(7)5-14-6-12-9(13-14)11(16)18-2/h3-4,6H,5H2,1-2H3. The normalized spacial score (nSPS) is 10.2. The zero-order valence-electron chi connectivity index (χ0n) is 10.3. The summed E-state index contributed by atoms with van der Waals surface area (Å²) in [5.41, 5.74) is 0.303. The summed E-state index contributed by atoms with van der Waals surface area (Å²) in [6.07, 6.45) is 2.72. The molecule has 0 N–H and O–H groups in total. The van der Waals surface area contributed by atoms with E-state index in [0.29, 0.717) is 11.3 Å². The van der Waals surface area contributed by atoms with E-state index in [-0.39, 0.29) is 12.4 Å². The van der Waals surface area contributed by atoms with E-state index in [2.05, 4.69) is 19.6 Å². The quantitative estimate of drug-likeness (QED) is 0.742. The molecule has 0 atom stereocenters. The number of ether oxygens (including phenoxy) is 2. The molecular formula is C11H11N3O5. The lowest BCUT2D eigenvalue weighted by Gasteiger charge is -2.00. The summed E-state index contributed by atoms with van der Waals surface area (Å²) in [6, 6.07) is 1.50. The monoisotopic (exact) mass is 265 g/mol. The van der Waals surface area contributed by atoms with E-state index in [1.165, 1.54) is 37.6 Å². The van der Waals surface area contributed by atoms with E-state index < -0.39 is 11.9 Å².